The SMILES string of the molecule is CO[C@H](C)C(=O)N[C@@H](Cc1cc(F)cc(-c2nccs2)c1)[C@@H](O)CN[C@H]1CC2(CCC2)Oc2ncc(CC(C)(C)C)cc21. The van der Waals surface area contributed by atoms with Gasteiger partial charge in [0.1, 0.15) is 22.5 Å². The average molecular weight is 611 g/mol. The maximum absolute atomic E-state index is 14.7. The number of pyridine rings is 1. The lowest BCUT2D eigenvalue weighted by atomic mass is 9.73. The Morgan fingerprint density at radius 3 is 2.67 bits per heavy atom. The van der Waals surface area contributed by atoms with Gasteiger partial charge in [0.15, 0.2) is 0 Å². The van der Waals surface area contributed by atoms with Crippen LogP contribution in [0.1, 0.15) is 76.1 Å². The summed E-state index contributed by atoms with van der Waals surface area (Å²) in [6.45, 7) is 8.48. The first-order valence-electron chi connectivity index (χ1n) is 15.1. The van der Waals surface area contributed by atoms with E-state index in [1.807, 2.05) is 17.6 Å². The monoisotopic (exact) mass is 610 g/mol. The summed E-state index contributed by atoms with van der Waals surface area (Å²) in [5.74, 6) is -0.0818. The number of fused-ring (bicyclic) bond motifs is 1. The van der Waals surface area contributed by atoms with Crippen molar-refractivity contribution in [3.8, 4) is 16.5 Å². The molecule has 1 saturated carbocycles. The molecule has 3 heterocycles. The van der Waals surface area contributed by atoms with E-state index in [2.05, 4.69) is 42.5 Å². The molecule has 4 atom stereocenters. The van der Waals surface area contributed by atoms with Crippen LogP contribution in [0.5, 0.6) is 5.88 Å². The standard InChI is InChI=1S/C33H43FN4O4S/c1-20(41-5)29(40)38-26(14-21-11-23(15-24(34)12-21)31-35-9-10-43-31)28(39)19-36-27-17-33(7-6-8-33)42-30-25(27)13-22(18-37-30)16-32(2,3)4/h9-13,15,18,20,26-28,36,39H,6-8,14,16-17,19H2,1-5H3,(H,38,40)/t20-,26+,27+,28+/m1/s1. The maximum Gasteiger partial charge on any atom is 0.249 e. The molecule has 1 spiro atoms. The minimum Gasteiger partial charge on any atom is -0.471 e. The highest BCUT2D eigenvalue weighted by molar-refractivity contribution is 7.13. The smallest absolute Gasteiger partial charge is 0.249 e. The Bertz CT molecular complexity index is 1410. The van der Waals surface area contributed by atoms with E-state index in [4.69, 9.17) is 14.5 Å². The largest absolute Gasteiger partial charge is 0.471 e. The molecule has 0 radical (unpaired) electrons. The quantitative estimate of drug-likeness (QED) is 0.267. The number of rotatable bonds is 11. The third-order valence-corrected chi connectivity index (χ3v) is 9.20. The van der Waals surface area contributed by atoms with Crippen molar-refractivity contribution in [1.29, 1.82) is 0 Å². The fraction of sp³-hybridized carbons (Fsp3) is 0.545. The predicted molar refractivity (Wildman–Crippen MR) is 166 cm³/mol. The van der Waals surface area contributed by atoms with Gasteiger partial charge in [-0.1, -0.05) is 20.8 Å². The number of carbonyl (C=O) groups is 1. The Kier molecular flexibility index (Phi) is 9.51. The van der Waals surface area contributed by atoms with E-state index in [0.29, 0.717) is 22.0 Å². The molecular weight excluding hydrogens is 567 g/mol. The van der Waals surface area contributed by atoms with Crippen molar-refractivity contribution in [3.05, 3.63) is 64.5 Å². The molecule has 1 aliphatic heterocycles. The second-order valence-corrected chi connectivity index (χ2v) is 14.1. The van der Waals surface area contributed by atoms with Gasteiger partial charge in [0.05, 0.1) is 12.1 Å². The van der Waals surface area contributed by atoms with E-state index >= 15 is 0 Å². The Hall–Kier alpha value is -2.92. The first kappa shape index (κ1) is 31.5. The van der Waals surface area contributed by atoms with E-state index in [9.17, 15) is 14.3 Å². The molecule has 5 rings (SSSR count). The Morgan fingerprint density at radius 1 is 1.23 bits per heavy atom. The maximum atomic E-state index is 14.7. The fourth-order valence-electron chi connectivity index (χ4n) is 5.95. The van der Waals surface area contributed by atoms with Gasteiger partial charge in [0, 0.05) is 55.0 Å². The predicted octanol–water partition coefficient (Wildman–Crippen LogP) is 5.39. The van der Waals surface area contributed by atoms with Gasteiger partial charge in [-0.25, -0.2) is 14.4 Å². The topological polar surface area (TPSA) is 106 Å². The average Bonchev–Trinajstić information content (AvgIpc) is 3.48. The highest BCUT2D eigenvalue weighted by atomic mass is 32.1. The number of aliphatic hydroxyl groups is 1. The molecule has 3 aromatic rings. The molecule has 2 aromatic heterocycles. The lowest BCUT2D eigenvalue weighted by molar-refractivity contribution is -0.131. The Balaban J connectivity index is 1.36. The van der Waals surface area contributed by atoms with Crippen molar-refractivity contribution in [3.63, 3.8) is 0 Å². The summed E-state index contributed by atoms with van der Waals surface area (Å²) in [4.78, 5) is 21.9. The van der Waals surface area contributed by atoms with Crippen molar-refractivity contribution in [1.82, 2.24) is 20.6 Å². The summed E-state index contributed by atoms with van der Waals surface area (Å²) in [5, 5.41) is 20.6. The van der Waals surface area contributed by atoms with Gasteiger partial charge in [-0.15, -0.1) is 11.3 Å². The first-order chi connectivity index (χ1) is 20.4. The molecule has 232 valence electrons. The van der Waals surface area contributed by atoms with Crippen LogP contribution in [0.3, 0.4) is 0 Å². The fourth-order valence-corrected chi connectivity index (χ4v) is 6.58. The zero-order chi connectivity index (χ0) is 30.8. The number of nitrogens with one attached hydrogen (secondary N) is 2. The molecule has 1 aromatic carbocycles. The van der Waals surface area contributed by atoms with Crippen molar-refractivity contribution >= 4 is 17.2 Å². The van der Waals surface area contributed by atoms with Crippen LogP contribution < -0.4 is 15.4 Å². The van der Waals surface area contributed by atoms with E-state index in [-0.39, 0.29) is 35.9 Å². The van der Waals surface area contributed by atoms with Crippen LogP contribution in [-0.4, -0.2) is 58.5 Å². The van der Waals surface area contributed by atoms with Crippen LogP contribution in [0, 0.1) is 11.2 Å². The Labute approximate surface area is 257 Å². The van der Waals surface area contributed by atoms with E-state index in [1.54, 1.807) is 13.1 Å². The van der Waals surface area contributed by atoms with Crippen LogP contribution in [-0.2, 0) is 22.4 Å². The number of aromatic nitrogens is 2. The normalized spacial score (nSPS) is 19.6. The van der Waals surface area contributed by atoms with Gasteiger partial charge in [-0.2, -0.15) is 0 Å². The number of hydrogen-bond acceptors (Lipinski definition) is 8. The van der Waals surface area contributed by atoms with Crippen LogP contribution in [0.2, 0.25) is 0 Å². The highest BCUT2D eigenvalue weighted by Crippen LogP contribution is 2.48. The summed E-state index contributed by atoms with van der Waals surface area (Å²) in [6, 6.07) is 6.17. The number of amides is 1. The van der Waals surface area contributed by atoms with Crippen LogP contribution in [0.4, 0.5) is 4.39 Å². The third kappa shape index (κ3) is 7.78. The molecule has 1 amide bonds. The van der Waals surface area contributed by atoms with Gasteiger partial charge in [-0.3, -0.25) is 4.79 Å². The molecule has 10 heteroatoms. The number of methoxy groups -OCH3 is 1. The minimum absolute atomic E-state index is 0.0638. The number of halogens is 1. The number of thiazole rings is 1. The lowest BCUT2D eigenvalue weighted by Crippen LogP contribution is -2.53. The van der Waals surface area contributed by atoms with Gasteiger partial charge in [-0.05, 0) is 79.8 Å². The zero-order valence-electron chi connectivity index (χ0n) is 25.7. The molecule has 1 aliphatic carbocycles. The van der Waals surface area contributed by atoms with E-state index < -0.39 is 24.1 Å². The molecule has 3 N–H and O–H groups in total. The minimum atomic E-state index is -0.964. The molecule has 8 nitrogen and oxygen atoms in total. The third-order valence-electron chi connectivity index (χ3n) is 8.38. The van der Waals surface area contributed by atoms with Gasteiger partial charge in [0.25, 0.3) is 0 Å². The molecular formula is C33H43FN4O4S. The molecule has 0 saturated heterocycles. The second-order valence-electron chi connectivity index (χ2n) is 13.2. The van der Waals surface area contributed by atoms with Crippen LogP contribution in [0.15, 0.2) is 42.0 Å². The lowest BCUT2D eigenvalue weighted by Gasteiger charge is -2.47. The summed E-state index contributed by atoms with van der Waals surface area (Å²) in [6.07, 6.45) is 6.90. The number of ether oxygens (including phenoxy) is 2. The number of hydrogen-bond donors (Lipinski definition) is 3. The van der Waals surface area contributed by atoms with Crippen molar-refractivity contribution in [2.24, 2.45) is 5.41 Å². The highest BCUT2D eigenvalue weighted by Gasteiger charge is 2.46. The summed E-state index contributed by atoms with van der Waals surface area (Å²) < 4.78 is 26.3. The van der Waals surface area contributed by atoms with Gasteiger partial charge in [0.2, 0.25) is 11.8 Å². The molecule has 2 aliphatic rings. The molecule has 1 fully saturated rings. The molecule has 0 bridgehead atoms. The van der Waals surface area contributed by atoms with Gasteiger partial charge < -0.3 is 25.2 Å². The molecule has 43 heavy (non-hydrogen) atoms. The van der Waals surface area contributed by atoms with Gasteiger partial charge >= 0.3 is 0 Å². The zero-order valence-corrected chi connectivity index (χ0v) is 26.5. The summed E-state index contributed by atoms with van der Waals surface area (Å²) >= 11 is 1.43. The number of carbonyl (C=O) groups excluding carboxylic acids is 1. The van der Waals surface area contributed by atoms with Crippen LogP contribution >= 0.6 is 11.3 Å². The molecule has 0 unspecified atom stereocenters. The summed E-state index contributed by atoms with van der Waals surface area (Å²) in [5.41, 5.74) is 3.34. The van der Waals surface area contributed by atoms with E-state index in [1.165, 1.54) is 30.6 Å². The first-order valence-corrected chi connectivity index (χ1v) is 15.9. The Morgan fingerprint density at radius 2 is 2.02 bits per heavy atom. The number of benzene rings is 1. The second kappa shape index (κ2) is 13.0. The van der Waals surface area contributed by atoms with Crippen LogP contribution in [0.25, 0.3) is 10.6 Å². The van der Waals surface area contributed by atoms with Crippen molar-refractivity contribution in [2.75, 3.05) is 13.7 Å². The van der Waals surface area contributed by atoms with Crippen molar-refractivity contribution in [2.45, 2.75) is 96.1 Å². The number of aliphatic hydroxyl groups excluding tert-OH is 1. The summed E-state index contributed by atoms with van der Waals surface area (Å²) in [7, 11) is 1.46. The number of nitrogens with zero attached hydrogens (tertiary/aromatic N) is 2. The van der Waals surface area contributed by atoms with E-state index in [0.717, 1.165) is 43.2 Å². The van der Waals surface area contributed by atoms with Crippen molar-refractivity contribution < 1.29 is 23.8 Å².